The van der Waals surface area contributed by atoms with Crippen LogP contribution in [0.2, 0.25) is 0 Å². The first-order chi connectivity index (χ1) is 8.10. The summed E-state index contributed by atoms with van der Waals surface area (Å²) in [4.78, 5) is 11.1. The summed E-state index contributed by atoms with van der Waals surface area (Å²) >= 11 is 3.23. The SMILES string of the molecule is CCOC(=O)C=Cc1ccc(OC)c(O)c1Br. The minimum absolute atomic E-state index is 0.00138. The van der Waals surface area contributed by atoms with E-state index in [1.807, 2.05) is 0 Å². The zero-order valence-corrected chi connectivity index (χ0v) is 11.2. The summed E-state index contributed by atoms with van der Waals surface area (Å²) in [7, 11) is 1.47. The summed E-state index contributed by atoms with van der Waals surface area (Å²) in [5, 5.41) is 9.73. The zero-order chi connectivity index (χ0) is 12.8. The molecule has 4 nitrogen and oxygen atoms in total. The molecule has 17 heavy (non-hydrogen) atoms. The molecule has 5 heteroatoms. The van der Waals surface area contributed by atoms with Crippen LogP contribution in [0.25, 0.3) is 6.08 Å². The van der Waals surface area contributed by atoms with Gasteiger partial charge in [-0.25, -0.2) is 4.79 Å². The monoisotopic (exact) mass is 300 g/mol. The van der Waals surface area contributed by atoms with Gasteiger partial charge in [0.05, 0.1) is 18.2 Å². The average Bonchev–Trinajstić information content (AvgIpc) is 2.31. The van der Waals surface area contributed by atoms with E-state index in [4.69, 9.17) is 9.47 Å². The van der Waals surface area contributed by atoms with Gasteiger partial charge < -0.3 is 14.6 Å². The lowest BCUT2D eigenvalue weighted by Crippen LogP contribution is -1.98. The highest BCUT2D eigenvalue weighted by atomic mass is 79.9. The van der Waals surface area contributed by atoms with Crippen LogP contribution in [0.3, 0.4) is 0 Å². The second-order valence-corrected chi connectivity index (χ2v) is 3.90. The number of carbonyl (C=O) groups excluding carboxylic acids is 1. The first-order valence-electron chi connectivity index (χ1n) is 5.00. The Morgan fingerprint density at radius 1 is 1.53 bits per heavy atom. The Bertz CT molecular complexity index is 440. The molecule has 0 aliphatic carbocycles. The fourth-order valence-corrected chi connectivity index (χ4v) is 1.66. The third-order valence-corrected chi connectivity index (χ3v) is 2.85. The van der Waals surface area contributed by atoms with Crippen LogP contribution in [-0.4, -0.2) is 24.8 Å². The molecule has 0 saturated carbocycles. The van der Waals surface area contributed by atoms with Crippen molar-refractivity contribution in [2.75, 3.05) is 13.7 Å². The number of hydrogen-bond donors (Lipinski definition) is 1. The number of phenols is 1. The molecule has 0 atom stereocenters. The minimum atomic E-state index is -0.422. The van der Waals surface area contributed by atoms with E-state index >= 15 is 0 Å². The van der Waals surface area contributed by atoms with E-state index in [9.17, 15) is 9.90 Å². The van der Waals surface area contributed by atoms with Crippen molar-refractivity contribution in [1.82, 2.24) is 0 Å². The van der Waals surface area contributed by atoms with Crippen LogP contribution in [0.15, 0.2) is 22.7 Å². The topological polar surface area (TPSA) is 55.8 Å². The molecule has 1 N–H and O–H groups in total. The highest BCUT2D eigenvalue weighted by molar-refractivity contribution is 9.10. The summed E-state index contributed by atoms with van der Waals surface area (Å²) in [5.41, 5.74) is 0.663. The van der Waals surface area contributed by atoms with Gasteiger partial charge in [0, 0.05) is 6.08 Å². The standard InChI is InChI=1S/C12H13BrO4/c1-3-17-10(14)7-5-8-4-6-9(16-2)12(15)11(8)13/h4-7,15H,3H2,1-2H3. The minimum Gasteiger partial charge on any atom is -0.503 e. The number of benzene rings is 1. The lowest BCUT2D eigenvalue weighted by molar-refractivity contribution is -0.137. The summed E-state index contributed by atoms with van der Waals surface area (Å²) < 4.78 is 10.2. The maximum absolute atomic E-state index is 11.1. The van der Waals surface area contributed by atoms with Crippen molar-refractivity contribution in [2.24, 2.45) is 0 Å². The molecule has 1 aromatic carbocycles. The molecule has 0 unspecified atom stereocenters. The second-order valence-electron chi connectivity index (χ2n) is 3.11. The van der Waals surface area contributed by atoms with Crippen LogP contribution in [0.1, 0.15) is 12.5 Å². The van der Waals surface area contributed by atoms with Crippen LogP contribution in [0, 0.1) is 0 Å². The summed E-state index contributed by atoms with van der Waals surface area (Å²) in [6.45, 7) is 2.07. The lowest BCUT2D eigenvalue weighted by Gasteiger charge is -2.07. The van der Waals surface area contributed by atoms with Crippen LogP contribution in [-0.2, 0) is 9.53 Å². The number of aromatic hydroxyl groups is 1. The fourth-order valence-electron chi connectivity index (χ4n) is 1.20. The van der Waals surface area contributed by atoms with E-state index in [-0.39, 0.29) is 5.75 Å². The molecule has 0 aliphatic heterocycles. The number of hydrogen-bond acceptors (Lipinski definition) is 4. The third-order valence-electron chi connectivity index (χ3n) is 2.01. The van der Waals surface area contributed by atoms with Crippen molar-refractivity contribution in [3.63, 3.8) is 0 Å². The van der Waals surface area contributed by atoms with E-state index in [2.05, 4.69) is 15.9 Å². The van der Waals surface area contributed by atoms with Gasteiger partial charge in [-0.15, -0.1) is 0 Å². The molecule has 1 aromatic rings. The molecule has 0 radical (unpaired) electrons. The largest absolute Gasteiger partial charge is 0.503 e. The van der Waals surface area contributed by atoms with E-state index in [1.165, 1.54) is 13.2 Å². The predicted molar refractivity (Wildman–Crippen MR) is 68.0 cm³/mol. The van der Waals surface area contributed by atoms with E-state index in [1.54, 1.807) is 25.1 Å². The predicted octanol–water partition coefficient (Wildman–Crippen LogP) is 2.74. The molecular formula is C12H13BrO4. The van der Waals surface area contributed by atoms with Crippen molar-refractivity contribution >= 4 is 28.0 Å². The normalized spacial score (nSPS) is 10.5. The Morgan fingerprint density at radius 2 is 2.24 bits per heavy atom. The third kappa shape index (κ3) is 3.49. The molecular weight excluding hydrogens is 288 g/mol. The van der Waals surface area contributed by atoms with Crippen molar-refractivity contribution in [2.45, 2.75) is 6.92 Å². The molecule has 0 amide bonds. The van der Waals surface area contributed by atoms with Crippen molar-refractivity contribution < 1.29 is 19.4 Å². The highest BCUT2D eigenvalue weighted by Crippen LogP contribution is 2.36. The van der Waals surface area contributed by atoms with Gasteiger partial charge >= 0.3 is 5.97 Å². The van der Waals surface area contributed by atoms with Gasteiger partial charge in [0.2, 0.25) is 0 Å². The zero-order valence-electron chi connectivity index (χ0n) is 9.57. The number of ether oxygens (including phenoxy) is 2. The van der Waals surface area contributed by atoms with Gasteiger partial charge in [-0.1, -0.05) is 0 Å². The molecule has 0 heterocycles. The highest BCUT2D eigenvalue weighted by Gasteiger charge is 2.09. The number of esters is 1. The Kier molecular flexibility index (Phi) is 5.03. The number of methoxy groups -OCH3 is 1. The van der Waals surface area contributed by atoms with Gasteiger partial charge in [-0.2, -0.15) is 0 Å². The number of carbonyl (C=O) groups is 1. The summed E-state index contributed by atoms with van der Waals surface area (Å²) in [5.74, 6) is -0.0571. The molecule has 0 aliphatic rings. The van der Waals surface area contributed by atoms with Crippen LogP contribution >= 0.6 is 15.9 Å². The molecule has 92 valence electrons. The number of halogens is 1. The quantitative estimate of drug-likeness (QED) is 0.686. The average molecular weight is 301 g/mol. The maximum Gasteiger partial charge on any atom is 0.330 e. The van der Waals surface area contributed by atoms with E-state index < -0.39 is 5.97 Å². The molecule has 0 bridgehead atoms. The molecule has 0 saturated heterocycles. The first-order valence-corrected chi connectivity index (χ1v) is 5.79. The van der Waals surface area contributed by atoms with Gasteiger partial charge in [0.15, 0.2) is 11.5 Å². The van der Waals surface area contributed by atoms with Gasteiger partial charge in [0.25, 0.3) is 0 Å². The van der Waals surface area contributed by atoms with E-state index in [0.717, 1.165) is 0 Å². The Labute approximate surface area is 108 Å². The van der Waals surface area contributed by atoms with Crippen molar-refractivity contribution in [3.05, 3.63) is 28.2 Å². The van der Waals surface area contributed by atoms with Crippen LogP contribution < -0.4 is 4.74 Å². The first kappa shape index (κ1) is 13.6. The maximum atomic E-state index is 11.1. The molecule has 0 fully saturated rings. The van der Waals surface area contributed by atoms with Crippen molar-refractivity contribution in [1.29, 1.82) is 0 Å². The summed E-state index contributed by atoms with van der Waals surface area (Å²) in [6.07, 6.45) is 2.86. The number of rotatable bonds is 4. The molecule has 0 aromatic heterocycles. The fraction of sp³-hybridized carbons (Fsp3) is 0.250. The Morgan fingerprint density at radius 3 is 2.82 bits per heavy atom. The van der Waals surface area contributed by atoms with Gasteiger partial charge in [0.1, 0.15) is 0 Å². The molecule has 0 spiro atoms. The number of phenolic OH excluding ortho intramolecular Hbond substituents is 1. The Hall–Kier alpha value is -1.49. The Balaban J connectivity index is 2.93. The van der Waals surface area contributed by atoms with Crippen molar-refractivity contribution in [3.8, 4) is 11.5 Å². The second kappa shape index (κ2) is 6.30. The summed E-state index contributed by atoms with van der Waals surface area (Å²) in [6, 6.07) is 3.34. The van der Waals surface area contributed by atoms with Crippen LogP contribution in [0.4, 0.5) is 0 Å². The van der Waals surface area contributed by atoms with Gasteiger partial charge in [-0.05, 0) is 46.6 Å². The van der Waals surface area contributed by atoms with E-state index in [0.29, 0.717) is 22.4 Å². The smallest absolute Gasteiger partial charge is 0.330 e. The van der Waals surface area contributed by atoms with Crippen LogP contribution in [0.5, 0.6) is 11.5 Å². The lowest BCUT2D eigenvalue weighted by atomic mass is 10.2. The molecule has 1 rings (SSSR count). The van der Waals surface area contributed by atoms with Gasteiger partial charge in [-0.3, -0.25) is 0 Å².